The van der Waals surface area contributed by atoms with Crippen LogP contribution < -0.4 is 0 Å². The van der Waals surface area contributed by atoms with E-state index < -0.39 is 0 Å². The molecular weight excluding hydrogens is 334 g/mol. The van der Waals surface area contributed by atoms with Gasteiger partial charge in [-0.3, -0.25) is 0 Å². The van der Waals surface area contributed by atoms with E-state index in [1.54, 1.807) is 0 Å². The maximum Gasteiger partial charge on any atom is 0.0839 e. The molecule has 2 atom stereocenters. The van der Waals surface area contributed by atoms with Crippen molar-refractivity contribution < 1.29 is 4.74 Å². The minimum atomic E-state index is 0.119. The lowest BCUT2D eigenvalue weighted by molar-refractivity contribution is 0.0694. The summed E-state index contributed by atoms with van der Waals surface area (Å²) in [7, 11) is 0. The summed E-state index contributed by atoms with van der Waals surface area (Å²) >= 11 is 13.9. The van der Waals surface area contributed by atoms with Gasteiger partial charge in [0, 0.05) is 18.4 Å². The van der Waals surface area contributed by atoms with Gasteiger partial charge in [-0.25, -0.2) is 0 Å². The molecule has 84 valence electrons. The molecule has 1 fully saturated rings. The summed E-state index contributed by atoms with van der Waals surface area (Å²) in [6, 6.07) is 0. The molecule has 1 aliphatic carbocycles. The van der Waals surface area contributed by atoms with E-state index in [9.17, 15) is 0 Å². The summed E-state index contributed by atoms with van der Waals surface area (Å²) in [5, 5.41) is 0. The minimum absolute atomic E-state index is 0.119. The molecular formula is C10H17Cl2IO. The lowest BCUT2D eigenvalue weighted by Crippen LogP contribution is -2.27. The number of ether oxygens (including phenoxy) is 1. The van der Waals surface area contributed by atoms with Gasteiger partial charge >= 0.3 is 0 Å². The Morgan fingerprint density at radius 3 is 2.50 bits per heavy atom. The van der Waals surface area contributed by atoms with Crippen molar-refractivity contribution in [2.75, 3.05) is 18.4 Å². The predicted octanol–water partition coefficient (Wildman–Crippen LogP) is 3.84. The van der Waals surface area contributed by atoms with Crippen LogP contribution in [-0.2, 0) is 4.74 Å². The van der Waals surface area contributed by atoms with Crippen LogP contribution in [0, 0.1) is 5.92 Å². The van der Waals surface area contributed by atoms with Crippen LogP contribution >= 0.6 is 45.8 Å². The second-order valence-corrected chi connectivity index (χ2v) is 6.04. The van der Waals surface area contributed by atoms with E-state index in [0.717, 1.165) is 12.5 Å². The number of hydrogen-bond donors (Lipinski definition) is 0. The van der Waals surface area contributed by atoms with Gasteiger partial charge in [0.2, 0.25) is 0 Å². The van der Waals surface area contributed by atoms with Gasteiger partial charge in [-0.2, -0.15) is 0 Å². The molecule has 0 N–H and O–H groups in total. The summed E-state index contributed by atoms with van der Waals surface area (Å²) in [6.45, 7) is 0.838. The third-order valence-electron chi connectivity index (χ3n) is 2.49. The highest BCUT2D eigenvalue weighted by molar-refractivity contribution is 14.1. The van der Waals surface area contributed by atoms with E-state index in [2.05, 4.69) is 22.6 Å². The summed E-state index contributed by atoms with van der Waals surface area (Å²) in [6.07, 6.45) is 5.46. The Labute approximate surface area is 110 Å². The van der Waals surface area contributed by atoms with E-state index in [0.29, 0.717) is 15.7 Å². The van der Waals surface area contributed by atoms with Gasteiger partial charge in [-0.15, -0.1) is 23.2 Å². The lowest BCUT2D eigenvalue weighted by atomic mass is 10.2. The van der Waals surface area contributed by atoms with Crippen LogP contribution in [0.15, 0.2) is 0 Å². The molecule has 0 amide bonds. The molecule has 0 aromatic heterocycles. The van der Waals surface area contributed by atoms with Crippen LogP contribution in [0.2, 0.25) is 0 Å². The molecule has 1 rings (SSSR count). The first-order valence-corrected chi connectivity index (χ1v) is 7.47. The average Bonchev–Trinajstić information content (AvgIpc) is 3.01. The van der Waals surface area contributed by atoms with Crippen LogP contribution in [0.4, 0.5) is 0 Å². The molecule has 1 saturated carbocycles. The molecule has 0 heterocycles. The Hall–Kier alpha value is 1.27. The van der Waals surface area contributed by atoms with E-state index in [4.69, 9.17) is 27.9 Å². The van der Waals surface area contributed by atoms with Crippen molar-refractivity contribution >= 4 is 45.8 Å². The molecule has 0 aromatic carbocycles. The summed E-state index contributed by atoms with van der Waals surface area (Å²) < 4.78 is 6.02. The molecule has 0 aromatic rings. The number of hydrogen-bond acceptors (Lipinski definition) is 1. The highest BCUT2D eigenvalue weighted by Gasteiger charge is 2.21. The largest absolute Gasteiger partial charge is 0.376 e. The minimum Gasteiger partial charge on any atom is -0.376 e. The third-order valence-corrected chi connectivity index (χ3v) is 4.89. The third kappa shape index (κ3) is 5.38. The normalized spacial score (nSPS) is 20.8. The molecule has 0 saturated heterocycles. The Morgan fingerprint density at radius 1 is 1.29 bits per heavy atom. The van der Waals surface area contributed by atoms with Gasteiger partial charge in [0.25, 0.3) is 0 Å². The fourth-order valence-corrected chi connectivity index (χ4v) is 2.62. The summed E-state index contributed by atoms with van der Waals surface area (Å²) in [5.74, 6) is 2.15. The van der Waals surface area contributed by atoms with Gasteiger partial charge < -0.3 is 4.74 Å². The molecule has 0 aliphatic heterocycles. The van der Waals surface area contributed by atoms with E-state index >= 15 is 0 Å². The van der Waals surface area contributed by atoms with E-state index in [1.807, 2.05) is 0 Å². The summed E-state index contributed by atoms with van der Waals surface area (Å²) in [4.78, 5) is 0. The van der Waals surface area contributed by atoms with Gasteiger partial charge in [-0.05, 0) is 18.8 Å². The van der Waals surface area contributed by atoms with Crippen LogP contribution in [0.1, 0.15) is 25.7 Å². The number of halogens is 3. The van der Waals surface area contributed by atoms with Crippen LogP contribution in [-0.4, -0.2) is 28.4 Å². The number of alkyl halides is 3. The second-order valence-electron chi connectivity index (χ2n) is 3.82. The molecule has 0 radical (unpaired) electrons. The lowest BCUT2D eigenvalue weighted by Gasteiger charge is -2.18. The zero-order valence-corrected chi connectivity index (χ0v) is 11.9. The van der Waals surface area contributed by atoms with Crippen molar-refractivity contribution in [1.29, 1.82) is 0 Å². The highest BCUT2D eigenvalue weighted by Crippen LogP contribution is 2.33. The van der Waals surface area contributed by atoms with Crippen LogP contribution in [0.3, 0.4) is 0 Å². The second kappa shape index (κ2) is 7.53. The van der Waals surface area contributed by atoms with E-state index in [1.165, 1.54) is 25.7 Å². The standard InChI is InChI=1S/C10H17Cl2IO/c11-6-9(13)10(7-12)14-5-1-2-8-3-4-8/h8-10H,1-7H2. The van der Waals surface area contributed by atoms with Gasteiger partial charge in [0.1, 0.15) is 0 Å². The van der Waals surface area contributed by atoms with Crippen LogP contribution in [0.25, 0.3) is 0 Å². The Balaban J connectivity index is 2.00. The maximum absolute atomic E-state index is 5.81. The summed E-state index contributed by atoms with van der Waals surface area (Å²) in [5.41, 5.74) is 0. The van der Waals surface area contributed by atoms with Gasteiger partial charge in [0.05, 0.1) is 10.0 Å². The molecule has 0 spiro atoms. The zero-order chi connectivity index (χ0) is 10.4. The molecule has 1 aliphatic rings. The highest BCUT2D eigenvalue weighted by atomic mass is 127. The molecule has 14 heavy (non-hydrogen) atoms. The van der Waals surface area contributed by atoms with Crippen LogP contribution in [0.5, 0.6) is 0 Å². The Kier molecular flexibility index (Phi) is 7.17. The van der Waals surface area contributed by atoms with Crippen molar-refractivity contribution in [3.8, 4) is 0 Å². The topological polar surface area (TPSA) is 9.23 Å². The van der Waals surface area contributed by atoms with E-state index in [-0.39, 0.29) is 6.10 Å². The first-order valence-electron chi connectivity index (χ1n) is 5.15. The molecule has 0 bridgehead atoms. The predicted molar refractivity (Wildman–Crippen MR) is 70.9 cm³/mol. The molecule has 2 unspecified atom stereocenters. The smallest absolute Gasteiger partial charge is 0.0839 e. The van der Waals surface area contributed by atoms with Crippen molar-refractivity contribution in [1.82, 2.24) is 0 Å². The first kappa shape index (κ1) is 13.3. The van der Waals surface area contributed by atoms with Gasteiger partial charge in [-0.1, -0.05) is 35.4 Å². The van der Waals surface area contributed by atoms with Crippen molar-refractivity contribution in [3.05, 3.63) is 0 Å². The average molecular weight is 351 g/mol. The fourth-order valence-electron chi connectivity index (χ4n) is 1.36. The Morgan fingerprint density at radius 2 is 2.00 bits per heavy atom. The molecule has 4 heteroatoms. The van der Waals surface area contributed by atoms with Crippen molar-refractivity contribution in [3.63, 3.8) is 0 Å². The zero-order valence-electron chi connectivity index (χ0n) is 8.22. The van der Waals surface area contributed by atoms with Gasteiger partial charge in [0.15, 0.2) is 0 Å². The maximum atomic E-state index is 5.81. The Bertz CT molecular complexity index is 153. The van der Waals surface area contributed by atoms with Crippen molar-refractivity contribution in [2.45, 2.75) is 35.7 Å². The molecule has 1 nitrogen and oxygen atoms in total. The fraction of sp³-hybridized carbons (Fsp3) is 1.00. The SMILES string of the molecule is ClCC(I)C(CCl)OCCCC1CC1. The van der Waals surface area contributed by atoms with Crippen molar-refractivity contribution in [2.24, 2.45) is 5.92 Å². The first-order chi connectivity index (χ1) is 6.77. The number of rotatable bonds is 8. The quantitative estimate of drug-likeness (QED) is 0.367. The monoisotopic (exact) mass is 350 g/mol.